The van der Waals surface area contributed by atoms with Crippen LogP contribution in [0.4, 0.5) is 5.95 Å². The molecule has 2 N–H and O–H groups in total. The molecule has 0 aliphatic heterocycles. The molecule has 2 rings (SSSR count). The number of aromatic amines is 1. The zero-order valence-corrected chi connectivity index (χ0v) is 12.1. The van der Waals surface area contributed by atoms with Crippen molar-refractivity contribution < 1.29 is 4.79 Å². The van der Waals surface area contributed by atoms with Crippen molar-refractivity contribution in [2.24, 2.45) is 0 Å². The highest BCUT2D eigenvalue weighted by Crippen LogP contribution is 2.16. The maximum Gasteiger partial charge on any atom is 0.270 e. The second-order valence-corrected chi connectivity index (χ2v) is 5.14. The monoisotopic (exact) mass is 441 g/mol. The second-order valence-electron chi connectivity index (χ2n) is 2.82. The number of hydrogen-bond acceptors (Lipinski definition) is 4. The molecule has 2 aromatic rings. The van der Waals surface area contributed by atoms with E-state index >= 15 is 0 Å². The Morgan fingerprint density at radius 1 is 1.31 bits per heavy atom. The van der Waals surface area contributed by atoms with Gasteiger partial charge in [0.2, 0.25) is 0 Å². The summed E-state index contributed by atoms with van der Waals surface area (Å²) < 4.78 is 2.13. The van der Waals surface area contributed by atoms with Crippen molar-refractivity contribution >= 4 is 57.0 Å². The number of rotatable bonds is 2. The summed E-state index contributed by atoms with van der Waals surface area (Å²) >= 11 is 4.38. The highest BCUT2D eigenvalue weighted by Gasteiger charge is 2.09. The van der Waals surface area contributed by atoms with Gasteiger partial charge in [0.05, 0.1) is 0 Å². The molecule has 0 aliphatic carbocycles. The molecule has 0 bridgehead atoms. The fourth-order valence-electron chi connectivity index (χ4n) is 1.03. The van der Waals surface area contributed by atoms with Crippen molar-refractivity contribution in [3.8, 4) is 0 Å². The fourth-order valence-corrected chi connectivity index (χ4v) is 1.88. The number of hydrogen-bond donors (Lipinski definition) is 2. The third-order valence-electron chi connectivity index (χ3n) is 1.75. The van der Waals surface area contributed by atoms with Gasteiger partial charge in [-0.05, 0) is 68.6 Å². The Kier molecular flexibility index (Phi) is 3.68. The standard InChI is InChI=1S/C8H5I2N5O/c9-5-2-1-4(3-6(5)10)7(16)11-8-12-14-15-13-8/h1-3H,(H2,11,12,13,14,15,16). The number of benzene rings is 1. The van der Waals surface area contributed by atoms with Crippen LogP contribution in [0.1, 0.15) is 10.4 Å². The molecule has 0 radical (unpaired) electrons. The molecule has 0 saturated heterocycles. The summed E-state index contributed by atoms with van der Waals surface area (Å²) in [5.74, 6) is -0.0886. The van der Waals surface area contributed by atoms with E-state index in [1.54, 1.807) is 12.1 Å². The lowest BCUT2D eigenvalue weighted by atomic mass is 10.2. The third kappa shape index (κ3) is 2.66. The number of carbonyl (C=O) groups excluding carboxylic acids is 1. The molecule has 1 aromatic heterocycles. The number of anilines is 1. The van der Waals surface area contributed by atoms with Gasteiger partial charge in [0.1, 0.15) is 0 Å². The van der Waals surface area contributed by atoms with Crippen LogP contribution in [-0.4, -0.2) is 26.5 Å². The topological polar surface area (TPSA) is 83.6 Å². The second kappa shape index (κ2) is 5.03. The minimum absolute atomic E-state index is 0.165. The highest BCUT2D eigenvalue weighted by molar-refractivity contribution is 14.1. The lowest BCUT2D eigenvalue weighted by Gasteiger charge is -2.02. The molecule has 0 fully saturated rings. The lowest BCUT2D eigenvalue weighted by Crippen LogP contribution is -2.13. The number of amides is 1. The molecule has 82 valence electrons. The van der Waals surface area contributed by atoms with Crippen LogP contribution >= 0.6 is 45.2 Å². The molecule has 0 saturated carbocycles. The summed E-state index contributed by atoms with van der Waals surface area (Å²) in [6.07, 6.45) is 0. The van der Waals surface area contributed by atoms with Crippen molar-refractivity contribution in [2.45, 2.75) is 0 Å². The van der Waals surface area contributed by atoms with Crippen LogP contribution in [0.25, 0.3) is 0 Å². The molecule has 1 heterocycles. The number of nitrogens with one attached hydrogen (secondary N) is 2. The van der Waals surface area contributed by atoms with Gasteiger partial charge in [-0.25, -0.2) is 0 Å². The van der Waals surface area contributed by atoms with Crippen LogP contribution < -0.4 is 5.32 Å². The average Bonchev–Trinajstić information content (AvgIpc) is 2.74. The molecule has 8 heteroatoms. The molecule has 1 amide bonds. The number of carbonyl (C=O) groups is 1. The average molecular weight is 441 g/mol. The van der Waals surface area contributed by atoms with Gasteiger partial charge in [0.25, 0.3) is 11.9 Å². The van der Waals surface area contributed by atoms with Gasteiger partial charge in [-0.2, -0.15) is 5.21 Å². The van der Waals surface area contributed by atoms with Gasteiger partial charge in [-0.1, -0.05) is 5.10 Å². The third-order valence-corrected chi connectivity index (χ3v) is 4.62. The van der Waals surface area contributed by atoms with Crippen LogP contribution in [0, 0.1) is 7.14 Å². The molecule has 16 heavy (non-hydrogen) atoms. The van der Waals surface area contributed by atoms with Crippen LogP contribution in [0.3, 0.4) is 0 Å². The normalized spacial score (nSPS) is 10.1. The quantitative estimate of drug-likeness (QED) is 0.696. The largest absolute Gasteiger partial charge is 0.288 e. The van der Waals surface area contributed by atoms with Crippen molar-refractivity contribution in [1.29, 1.82) is 0 Å². The van der Waals surface area contributed by atoms with Crippen LogP contribution in [0.5, 0.6) is 0 Å². The SMILES string of the molecule is O=C(Nc1nn[nH]n1)c1ccc(I)c(I)c1. The summed E-state index contributed by atoms with van der Waals surface area (Å²) in [5.41, 5.74) is 0.564. The van der Waals surface area contributed by atoms with Gasteiger partial charge in [-0.3, -0.25) is 10.1 Å². The van der Waals surface area contributed by atoms with Gasteiger partial charge in [0.15, 0.2) is 0 Å². The Hall–Kier alpha value is -0.780. The van der Waals surface area contributed by atoms with Gasteiger partial charge >= 0.3 is 0 Å². The first-order chi connectivity index (χ1) is 7.66. The first-order valence-corrected chi connectivity index (χ1v) is 6.32. The maximum atomic E-state index is 11.7. The molecular weight excluding hydrogens is 436 g/mol. The summed E-state index contributed by atoms with van der Waals surface area (Å²) in [6.45, 7) is 0. The van der Waals surface area contributed by atoms with Crippen molar-refractivity contribution in [2.75, 3.05) is 5.32 Å². The van der Waals surface area contributed by atoms with E-state index < -0.39 is 0 Å². The molecule has 0 unspecified atom stereocenters. The zero-order chi connectivity index (χ0) is 11.5. The Bertz CT molecular complexity index is 513. The van der Waals surface area contributed by atoms with Gasteiger partial charge < -0.3 is 0 Å². The lowest BCUT2D eigenvalue weighted by molar-refractivity contribution is 0.102. The first kappa shape index (κ1) is 11.7. The summed E-state index contributed by atoms with van der Waals surface area (Å²) in [6, 6.07) is 5.44. The molecule has 6 nitrogen and oxygen atoms in total. The first-order valence-electron chi connectivity index (χ1n) is 4.16. The zero-order valence-electron chi connectivity index (χ0n) is 7.74. The Morgan fingerprint density at radius 3 is 2.75 bits per heavy atom. The summed E-state index contributed by atoms with van der Waals surface area (Å²) in [5, 5.41) is 15.4. The number of halogens is 2. The predicted octanol–water partition coefficient (Wildman–Crippen LogP) is 1.66. The fraction of sp³-hybridized carbons (Fsp3) is 0. The molecule has 0 atom stereocenters. The van der Waals surface area contributed by atoms with E-state index in [2.05, 4.69) is 71.1 Å². The minimum Gasteiger partial charge on any atom is -0.288 e. The van der Waals surface area contributed by atoms with Crippen LogP contribution in [0.15, 0.2) is 18.2 Å². The van der Waals surface area contributed by atoms with Crippen LogP contribution in [-0.2, 0) is 0 Å². The number of nitrogens with zero attached hydrogens (tertiary/aromatic N) is 3. The number of aromatic nitrogens is 4. The van der Waals surface area contributed by atoms with Gasteiger partial charge in [-0.15, -0.1) is 5.10 Å². The molecular formula is C8H5I2N5O. The Morgan fingerprint density at radius 2 is 2.12 bits per heavy atom. The maximum absolute atomic E-state index is 11.7. The van der Waals surface area contributed by atoms with E-state index in [0.29, 0.717) is 5.56 Å². The van der Waals surface area contributed by atoms with E-state index in [9.17, 15) is 4.79 Å². The number of H-pyrrole nitrogens is 1. The van der Waals surface area contributed by atoms with E-state index in [4.69, 9.17) is 0 Å². The molecule has 0 aliphatic rings. The Labute approximate surface area is 118 Å². The summed E-state index contributed by atoms with van der Waals surface area (Å²) in [4.78, 5) is 11.7. The van der Waals surface area contributed by atoms with E-state index in [0.717, 1.165) is 7.14 Å². The smallest absolute Gasteiger partial charge is 0.270 e. The van der Waals surface area contributed by atoms with Crippen molar-refractivity contribution in [3.05, 3.63) is 30.9 Å². The predicted molar refractivity (Wildman–Crippen MR) is 74.0 cm³/mol. The van der Waals surface area contributed by atoms with E-state index in [1.165, 1.54) is 0 Å². The summed E-state index contributed by atoms with van der Waals surface area (Å²) in [7, 11) is 0. The number of tetrazole rings is 1. The Balaban J connectivity index is 2.18. The van der Waals surface area contributed by atoms with Crippen molar-refractivity contribution in [1.82, 2.24) is 20.6 Å². The molecule has 1 aromatic carbocycles. The van der Waals surface area contributed by atoms with Gasteiger partial charge in [0, 0.05) is 12.7 Å². The van der Waals surface area contributed by atoms with Crippen molar-refractivity contribution in [3.63, 3.8) is 0 Å². The highest BCUT2D eigenvalue weighted by atomic mass is 127. The van der Waals surface area contributed by atoms with Crippen LogP contribution in [0.2, 0.25) is 0 Å². The van der Waals surface area contributed by atoms with E-state index in [1.807, 2.05) is 6.07 Å². The molecule has 0 spiro atoms. The minimum atomic E-state index is -0.254. The van der Waals surface area contributed by atoms with E-state index in [-0.39, 0.29) is 11.9 Å².